The van der Waals surface area contributed by atoms with E-state index in [0.717, 1.165) is 42.0 Å². The van der Waals surface area contributed by atoms with Crippen molar-refractivity contribution in [1.29, 1.82) is 0 Å². The van der Waals surface area contributed by atoms with Crippen LogP contribution in [0.3, 0.4) is 0 Å². The van der Waals surface area contributed by atoms with Crippen molar-refractivity contribution in [2.24, 2.45) is 5.92 Å². The standard InChI is InChI=1S/C25H26F2N2O5/c1-33-19-5-7-22-17(13-19)3-2-10-29(22)23(30)15-34-25(32)16-8-11-28(12-9-16)24(31)20-6-4-18(26)14-21(20)27/h4-7,13-14,16H,2-3,8-12,15H2,1H3. The van der Waals surface area contributed by atoms with Gasteiger partial charge in [-0.2, -0.15) is 0 Å². The number of anilines is 1. The molecule has 2 heterocycles. The van der Waals surface area contributed by atoms with E-state index in [1.165, 1.54) is 4.90 Å². The first-order valence-electron chi connectivity index (χ1n) is 11.3. The van der Waals surface area contributed by atoms with Crippen molar-refractivity contribution in [1.82, 2.24) is 4.90 Å². The van der Waals surface area contributed by atoms with Gasteiger partial charge in [0.05, 0.1) is 18.6 Å². The maximum Gasteiger partial charge on any atom is 0.309 e. The highest BCUT2D eigenvalue weighted by molar-refractivity contribution is 5.97. The summed E-state index contributed by atoms with van der Waals surface area (Å²) in [6.45, 7) is 0.676. The van der Waals surface area contributed by atoms with E-state index in [4.69, 9.17) is 9.47 Å². The molecule has 0 bridgehead atoms. The lowest BCUT2D eigenvalue weighted by Gasteiger charge is -2.32. The lowest BCUT2D eigenvalue weighted by atomic mass is 9.96. The summed E-state index contributed by atoms with van der Waals surface area (Å²) in [6, 6.07) is 8.37. The second kappa shape index (κ2) is 10.2. The monoisotopic (exact) mass is 472 g/mol. The van der Waals surface area contributed by atoms with E-state index in [2.05, 4.69) is 0 Å². The van der Waals surface area contributed by atoms with Crippen LogP contribution in [0.5, 0.6) is 5.75 Å². The molecule has 0 spiro atoms. The Balaban J connectivity index is 1.29. The molecule has 180 valence electrons. The van der Waals surface area contributed by atoms with Gasteiger partial charge in [0.15, 0.2) is 6.61 Å². The summed E-state index contributed by atoms with van der Waals surface area (Å²) in [5, 5.41) is 0. The molecule has 2 aromatic carbocycles. The largest absolute Gasteiger partial charge is 0.497 e. The van der Waals surface area contributed by atoms with Crippen LogP contribution in [0, 0.1) is 17.6 Å². The number of hydrogen-bond acceptors (Lipinski definition) is 5. The first kappa shape index (κ1) is 23.7. The number of amides is 2. The molecule has 0 N–H and O–H groups in total. The summed E-state index contributed by atoms with van der Waals surface area (Å²) >= 11 is 0. The van der Waals surface area contributed by atoms with Crippen molar-refractivity contribution in [2.45, 2.75) is 25.7 Å². The first-order chi connectivity index (χ1) is 16.4. The smallest absolute Gasteiger partial charge is 0.309 e. The molecule has 0 aliphatic carbocycles. The number of likely N-dealkylation sites (tertiary alicyclic amines) is 1. The number of fused-ring (bicyclic) bond motifs is 1. The third kappa shape index (κ3) is 5.03. The number of nitrogens with zero attached hydrogens (tertiary/aromatic N) is 2. The van der Waals surface area contributed by atoms with Gasteiger partial charge in [-0.3, -0.25) is 14.4 Å². The molecule has 1 saturated heterocycles. The first-order valence-corrected chi connectivity index (χ1v) is 11.3. The summed E-state index contributed by atoms with van der Waals surface area (Å²) in [5.41, 5.74) is 1.61. The maximum atomic E-state index is 13.9. The normalized spacial score (nSPS) is 16.1. The summed E-state index contributed by atoms with van der Waals surface area (Å²) in [7, 11) is 1.59. The Morgan fingerprint density at radius 2 is 1.79 bits per heavy atom. The summed E-state index contributed by atoms with van der Waals surface area (Å²) in [6.07, 6.45) is 2.33. The molecule has 2 aliphatic rings. The van der Waals surface area contributed by atoms with E-state index < -0.39 is 29.4 Å². The molecular formula is C25H26F2N2O5. The SMILES string of the molecule is COc1ccc2c(c1)CCCN2C(=O)COC(=O)C1CCN(C(=O)c2ccc(F)cc2F)CC1. The Hall–Kier alpha value is -3.49. The predicted molar refractivity (Wildman–Crippen MR) is 120 cm³/mol. The minimum absolute atomic E-state index is 0.201. The van der Waals surface area contributed by atoms with Crippen LogP contribution in [0.15, 0.2) is 36.4 Å². The Morgan fingerprint density at radius 3 is 2.50 bits per heavy atom. The van der Waals surface area contributed by atoms with Crippen molar-refractivity contribution in [3.05, 3.63) is 59.2 Å². The van der Waals surface area contributed by atoms with Crippen LogP contribution in [0.4, 0.5) is 14.5 Å². The molecule has 34 heavy (non-hydrogen) atoms. The van der Waals surface area contributed by atoms with Crippen LogP contribution in [-0.2, 0) is 20.7 Å². The summed E-state index contributed by atoms with van der Waals surface area (Å²) in [4.78, 5) is 40.9. The van der Waals surface area contributed by atoms with Gasteiger partial charge in [-0.05, 0) is 61.6 Å². The number of aryl methyl sites for hydroxylation is 1. The molecular weight excluding hydrogens is 446 g/mol. The zero-order chi connectivity index (χ0) is 24.2. The van der Waals surface area contributed by atoms with Crippen molar-refractivity contribution in [2.75, 3.05) is 38.3 Å². The molecule has 0 radical (unpaired) electrons. The van der Waals surface area contributed by atoms with Crippen LogP contribution in [-0.4, -0.2) is 56.0 Å². The third-order valence-corrected chi connectivity index (χ3v) is 6.32. The highest BCUT2D eigenvalue weighted by Gasteiger charge is 2.31. The fourth-order valence-corrected chi connectivity index (χ4v) is 4.44. The molecule has 2 aliphatic heterocycles. The second-order valence-corrected chi connectivity index (χ2v) is 8.44. The molecule has 0 saturated carbocycles. The molecule has 9 heteroatoms. The summed E-state index contributed by atoms with van der Waals surface area (Å²) < 4.78 is 37.6. The van der Waals surface area contributed by atoms with Gasteiger partial charge < -0.3 is 19.3 Å². The van der Waals surface area contributed by atoms with Crippen LogP contribution in [0.2, 0.25) is 0 Å². The van der Waals surface area contributed by atoms with Crippen LogP contribution < -0.4 is 9.64 Å². The van der Waals surface area contributed by atoms with Crippen LogP contribution in [0.25, 0.3) is 0 Å². The van der Waals surface area contributed by atoms with Crippen molar-refractivity contribution >= 4 is 23.5 Å². The number of piperidine rings is 1. The second-order valence-electron chi connectivity index (χ2n) is 8.44. The molecule has 0 atom stereocenters. The van der Waals surface area contributed by atoms with Gasteiger partial charge in [0.2, 0.25) is 0 Å². The molecule has 4 rings (SSSR count). The lowest BCUT2D eigenvalue weighted by Crippen LogP contribution is -2.42. The van der Waals surface area contributed by atoms with E-state index in [1.807, 2.05) is 12.1 Å². The Labute approximate surface area is 196 Å². The highest BCUT2D eigenvalue weighted by Crippen LogP contribution is 2.30. The summed E-state index contributed by atoms with van der Waals surface area (Å²) in [5.74, 6) is -2.71. The minimum Gasteiger partial charge on any atom is -0.497 e. The number of rotatable bonds is 5. The number of halogens is 2. The van der Waals surface area contributed by atoms with Crippen molar-refractivity contribution in [3.63, 3.8) is 0 Å². The Kier molecular flexibility index (Phi) is 7.09. The quantitative estimate of drug-likeness (QED) is 0.624. The Morgan fingerprint density at radius 1 is 1.03 bits per heavy atom. The van der Waals surface area contributed by atoms with E-state index in [-0.39, 0.29) is 31.2 Å². The molecule has 1 fully saturated rings. The average Bonchev–Trinajstić information content (AvgIpc) is 2.86. The van der Waals surface area contributed by atoms with E-state index >= 15 is 0 Å². The zero-order valence-electron chi connectivity index (χ0n) is 18.9. The number of carbonyl (C=O) groups excluding carboxylic acids is 3. The van der Waals surface area contributed by atoms with E-state index in [0.29, 0.717) is 25.5 Å². The van der Waals surface area contributed by atoms with Crippen LogP contribution >= 0.6 is 0 Å². The molecule has 2 amide bonds. The van der Waals surface area contributed by atoms with E-state index in [1.54, 1.807) is 18.1 Å². The third-order valence-electron chi connectivity index (χ3n) is 6.32. The highest BCUT2D eigenvalue weighted by atomic mass is 19.1. The fourth-order valence-electron chi connectivity index (χ4n) is 4.44. The number of methoxy groups -OCH3 is 1. The molecule has 2 aromatic rings. The number of hydrogen-bond donors (Lipinski definition) is 0. The van der Waals surface area contributed by atoms with Gasteiger partial charge in [-0.1, -0.05) is 0 Å². The number of esters is 1. The van der Waals surface area contributed by atoms with Gasteiger partial charge in [0.25, 0.3) is 11.8 Å². The number of carbonyl (C=O) groups is 3. The molecule has 0 aromatic heterocycles. The van der Waals surface area contributed by atoms with Gasteiger partial charge in [-0.25, -0.2) is 8.78 Å². The minimum atomic E-state index is -0.914. The van der Waals surface area contributed by atoms with E-state index in [9.17, 15) is 23.2 Å². The molecule has 7 nitrogen and oxygen atoms in total. The fraction of sp³-hybridized carbons (Fsp3) is 0.400. The number of ether oxygens (including phenoxy) is 2. The molecule has 0 unspecified atom stereocenters. The topological polar surface area (TPSA) is 76.2 Å². The van der Waals surface area contributed by atoms with Crippen molar-refractivity contribution in [3.8, 4) is 5.75 Å². The predicted octanol–water partition coefficient (Wildman–Crippen LogP) is 3.35. The van der Waals surface area contributed by atoms with Gasteiger partial charge in [0, 0.05) is 31.4 Å². The number of benzene rings is 2. The van der Waals surface area contributed by atoms with Gasteiger partial charge in [0.1, 0.15) is 17.4 Å². The van der Waals surface area contributed by atoms with Crippen LogP contribution in [0.1, 0.15) is 35.2 Å². The average molecular weight is 472 g/mol. The zero-order valence-corrected chi connectivity index (χ0v) is 18.9. The Bertz CT molecular complexity index is 1100. The lowest BCUT2D eigenvalue weighted by molar-refractivity contribution is -0.153. The van der Waals surface area contributed by atoms with Crippen molar-refractivity contribution < 1.29 is 32.6 Å². The van der Waals surface area contributed by atoms with Gasteiger partial charge >= 0.3 is 5.97 Å². The van der Waals surface area contributed by atoms with Gasteiger partial charge in [-0.15, -0.1) is 0 Å². The maximum absolute atomic E-state index is 13.9.